The van der Waals surface area contributed by atoms with Crippen molar-refractivity contribution < 1.29 is 28.7 Å². The first-order valence-corrected chi connectivity index (χ1v) is 11.3. The standard InChI is InChI=1S/C24H32N2O7/c1-15(2)5-10-19-23(3,33-19)22-21(30-4)18(11-12-24(22)14-31-24)32-20(27)13-25-16-6-8-17(9-7-16)26(28)29/h5-9,18-19,21-22,25H,10-14H2,1-4H3/t18-,19?,21-,22-,23+,24+/m1/s1. The smallest absolute Gasteiger partial charge is 0.325 e. The van der Waals surface area contributed by atoms with Crippen LogP contribution in [-0.4, -0.2) is 60.7 Å². The minimum absolute atomic E-state index is 0.00536. The summed E-state index contributed by atoms with van der Waals surface area (Å²) in [5.74, 6) is -0.436. The van der Waals surface area contributed by atoms with Gasteiger partial charge in [-0.1, -0.05) is 11.6 Å². The molecule has 0 radical (unpaired) electrons. The predicted octanol–water partition coefficient (Wildman–Crippen LogP) is 3.63. The van der Waals surface area contributed by atoms with Crippen molar-refractivity contribution in [3.8, 4) is 0 Å². The number of carbonyl (C=O) groups is 1. The second kappa shape index (κ2) is 9.04. The molecule has 9 nitrogen and oxygen atoms in total. The normalized spacial score (nSPS) is 34.4. The molecule has 2 aliphatic heterocycles. The summed E-state index contributed by atoms with van der Waals surface area (Å²) in [6.07, 6.45) is 3.84. The van der Waals surface area contributed by atoms with Crippen LogP contribution in [0.15, 0.2) is 35.9 Å². The molecular weight excluding hydrogens is 428 g/mol. The van der Waals surface area contributed by atoms with Gasteiger partial charge in [0.05, 0.1) is 23.6 Å². The Bertz CT molecular complexity index is 923. The van der Waals surface area contributed by atoms with E-state index in [2.05, 4.69) is 32.2 Å². The number of hydrogen-bond acceptors (Lipinski definition) is 8. The fourth-order valence-electron chi connectivity index (χ4n) is 5.16. The van der Waals surface area contributed by atoms with Gasteiger partial charge in [0.2, 0.25) is 0 Å². The summed E-state index contributed by atoms with van der Waals surface area (Å²) in [5.41, 5.74) is 1.20. The Morgan fingerprint density at radius 2 is 2.03 bits per heavy atom. The number of nitro groups is 1. The predicted molar refractivity (Wildman–Crippen MR) is 121 cm³/mol. The molecule has 9 heteroatoms. The van der Waals surface area contributed by atoms with E-state index in [1.54, 1.807) is 19.2 Å². The van der Waals surface area contributed by atoms with Crippen molar-refractivity contribution >= 4 is 17.3 Å². The molecule has 1 N–H and O–H groups in total. The fourth-order valence-corrected chi connectivity index (χ4v) is 5.16. The van der Waals surface area contributed by atoms with E-state index in [9.17, 15) is 14.9 Å². The zero-order valence-electron chi connectivity index (χ0n) is 19.5. The van der Waals surface area contributed by atoms with Crippen LogP contribution in [-0.2, 0) is 23.7 Å². The van der Waals surface area contributed by atoms with Gasteiger partial charge < -0.3 is 24.3 Å². The third kappa shape index (κ3) is 4.90. The summed E-state index contributed by atoms with van der Waals surface area (Å²) < 4.78 is 23.8. The first-order chi connectivity index (χ1) is 15.7. The number of nitro benzene ring substituents is 1. The Labute approximate surface area is 193 Å². The lowest BCUT2D eigenvalue weighted by Crippen LogP contribution is -2.55. The van der Waals surface area contributed by atoms with Crippen LogP contribution in [0.4, 0.5) is 11.4 Å². The van der Waals surface area contributed by atoms with Gasteiger partial charge in [-0.15, -0.1) is 0 Å². The van der Waals surface area contributed by atoms with Gasteiger partial charge in [-0.3, -0.25) is 14.9 Å². The van der Waals surface area contributed by atoms with Crippen molar-refractivity contribution in [2.45, 2.75) is 69.5 Å². The highest BCUT2D eigenvalue weighted by Crippen LogP contribution is 2.59. The van der Waals surface area contributed by atoms with Gasteiger partial charge in [0.15, 0.2) is 0 Å². The van der Waals surface area contributed by atoms with Crippen molar-refractivity contribution in [3.05, 3.63) is 46.0 Å². The molecule has 1 spiro atoms. The Hall–Kier alpha value is -2.49. The first-order valence-electron chi connectivity index (χ1n) is 11.3. The summed E-state index contributed by atoms with van der Waals surface area (Å²) in [6.45, 7) is 6.88. The average molecular weight is 461 g/mol. The number of allylic oxidation sites excluding steroid dienone is 1. The number of nitrogens with zero attached hydrogens (tertiary/aromatic N) is 1. The third-order valence-corrected chi connectivity index (χ3v) is 7.03. The first kappa shape index (κ1) is 23.7. The molecule has 1 aromatic rings. The number of anilines is 1. The maximum absolute atomic E-state index is 12.6. The van der Waals surface area contributed by atoms with Gasteiger partial charge in [-0.05, 0) is 52.2 Å². The van der Waals surface area contributed by atoms with E-state index in [-0.39, 0.29) is 41.6 Å². The molecule has 3 aliphatic rings. The number of non-ortho nitro benzene ring substituents is 1. The Balaban J connectivity index is 1.38. The Kier molecular flexibility index (Phi) is 6.48. The molecule has 3 fully saturated rings. The summed E-state index contributed by atoms with van der Waals surface area (Å²) in [7, 11) is 1.64. The van der Waals surface area contributed by atoms with Crippen LogP contribution in [0.5, 0.6) is 0 Å². The van der Waals surface area contributed by atoms with Crippen molar-refractivity contribution in [1.29, 1.82) is 0 Å². The molecule has 2 saturated heterocycles. The number of epoxide rings is 2. The van der Waals surface area contributed by atoms with Crippen LogP contribution in [0.2, 0.25) is 0 Å². The van der Waals surface area contributed by atoms with Crippen LogP contribution in [0.3, 0.4) is 0 Å². The van der Waals surface area contributed by atoms with Crippen LogP contribution in [0.25, 0.3) is 0 Å². The van der Waals surface area contributed by atoms with Gasteiger partial charge in [0.25, 0.3) is 5.69 Å². The zero-order valence-corrected chi connectivity index (χ0v) is 19.5. The van der Waals surface area contributed by atoms with Crippen LogP contribution >= 0.6 is 0 Å². The molecule has 4 rings (SSSR count). The van der Waals surface area contributed by atoms with E-state index >= 15 is 0 Å². The largest absolute Gasteiger partial charge is 0.458 e. The number of carbonyl (C=O) groups excluding carboxylic acids is 1. The lowest BCUT2D eigenvalue weighted by molar-refractivity contribution is -0.384. The summed E-state index contributed by atoms with van der Waals surface area (Å²) in [5, 5.41) is 13.7. The van der Waals surface area contributed by atoms with Crippen LogP contribution in [0, 0.1) is 16.0 Å². The number of rotatable bonds is 9. The molecule has 1 aliphatic carbocycles. The fraction of sp³-hybridized carbons (Fsp3) is 0.625. The summed E-state index contributed by atoms with van der Waals surface area (Å²) in [6, 6.07) is 5.90. The number of ether oxygens (including phenoxy) is 4. The molecule has 6 atom stereocenters. The molecule has 0 aromatic heterocycles. The average Bonchev–Trinajstić information content (AvgIpc) is 3.69. The quantitative estimate of drug-likeness (QED) is 0.195. The third-order valence-electron chi connectivity index (χ3n) is 7.03. The van der Waals surface area contributed by atoms with Crippen LogP contribution < -0.4 is 5.32 Å². The highest BCUT2D eigenvalue weighted by molar-refractivity contribution is 5.75. The molecule has 180 valence electrons. The van der Waals surface area contributed by atoms with Gasteiger partial charge in [-0.2, -0.15) is 0 Å². The van der Waals surface area contributed by atoms with E-state index in [1.165, 1.54) is 17.7 Å². The number of methoxy groups -OCH3 is 1. The maximum Gasteiger partial charge on any atom is 0.325 e. The highest BCUT2D eigenvalue weighted by Gasteiger charge is 2.72. The minimum atomic E-state index is -0.465. The van der Waals surface area contributed by atoms with Gasteiger partial charge in [-0.25, -0.2) is 0 Å². The van der Waals surface area contributed by atoms with Crippen molar-refractivity contribution in [2.75, 3.05) is 25.6 Å². The molecule has 2 heterocycles. The Morgan fingerprint density at radius 1 is 1.33 bits per heavy atom. The molecule has 1 saturated carbocycles. The van der Waals surface area contributed by atoms with Crippen LogP contribution in [0.1, 0.15) is 40.0 Å². The number of esters is 1. The minimum Gasteiger partial charge on any atom is -0.458 e. The molecular formula is C24H32N2O7. The highest BCUT2D eigenvalue weighted by atomic mass is 16.6. The second-order valence-electron chi connectivity index (χ2n) is 9.56. The SMILES string of the molecule is CO[C@@H]1[C@H](OC(=O)CNc2ccc([N+](=O)[O-])cc2)CC[C@]2(CO2)[C@H]1[C@@]1(C)OC1CC=C(C)C. The topological polar surface area (TPSA) is 116 Å². The van der Waals surface area contributed by atoms with Gasteiger partial charge in [0, 0.05) is 24.9 Å². The van der Waals surface area contributed by atoms with E-state index in [1.807, 2.05) is 0 Å². The van der Waals surface area contributed by atoms with Crippen molar-refractivity contribution in [1.82, 2.24) is 0 Å². The van der Waals surface area contributed by atoms with Crippen molar-refractivity contribution in [2.24, 2.45) is 5.92 Å². The van der Waals surface area contributed by atoms with Gasteiger partial charge >= 0.3 is 5.97 Å². The number of hydrogen-bond donors (Lipinski definition) is 1. The second-order valence-corrected chi connectivity index (χ2v) is 9.56. The van der Waals surface area contributed by atoms with E-state index in [4.69, 9.17) is 18.9 Å². The van der Waals surface area contributed by atoms with Gasteiger partial charge in [0.1, 0.15) is 30.0 Å². The molecule has 0 amide bonds. The maximum atomic E-state index is 12.6. The summed E-state index contributed by atoms with van der Waals surface area (Å²) >= 11 is 0. The lowest BCUT2D eigenvalue weighted by atomic mass is 9.68. The molecule has 0 bridgehead atoms. The monoisotopic (exact) mass is 460 g/mol. The van der Waals surface area contributed by atoms with E-state index in [0.29, 0.717) is 18.7 Å². The number of benzene rings is 1. The van der Waals surface area contributed by atoms with Crippen molar-refractivity contribution in [3.63, 3.8) is 0 Å². The number of nitrogens with one attached hydrogen (secondary N) is 1. The molecule has 33 heavy (non-hydrogen) atoms. The summed E-state index contributed by atoms with van der Waals surface area (Å²) in [4.78, 5) is 22.9. The Morgan fingerprint density at radius 3 is 2.61 bits per heavy atom. The zero-order chi connectivity index (χ0) is 23.8. The van der Waals surface area contributed by atoms with E-state index in [0.717, 1.165) is 12.8 Å². The molecule has 1 unspecified atom stereocenters. The lowest BCUT2D eigenvalue weighted by Gasteiger charge is -2.42. The van der Waals surface area contributed by atoms with E-state index < -0.39 is 17.0 Å². The molecule has 1 aromatic carbocycles.